The van der Waals surface area contributed by atoms with Gasteiger partial charge in [0, 0.05) is 43.5 Å². The highest BCUT2D eigenvalue weighted by molar-refractivity contribution is 9.10. The smallest absolute Gasteiger partial charge is 0.343 e. The number of nitrogens with zero attached hydrogens (tertiary/aromatic N) is 2. The summed E-state index contributed by atoms with van der Waals surface area (Å²) in [6, 6.07) is 3.44. The second-order valence-electron chi connectivity index (χ2n) is 8.86. The van der Waals surface area contributed by atoms with Gasteiger partial charge in [-0.2, -0.15) is 0 Å². The number of ether oxygens (including phenoxy) is 4. The van der Waals surface area contributed by atoms with Gasteiger partial charge in [-0.05, 0) is 48.7 Å². The molecular weight excluding hydrogens is 492 g/mol. The van der Waals surface area contributed by atoms with Gasteiger partial charge in [-0.15, -0.1) is 0 Å². The lowest BCUT2D eigenvalue weighted by molar-refractivity contribution is 0.0598. The topological polar surface area (TPSA) is 79.2 Å². The van der Waals surface area contributed by atoms with Crippen molar-refractivity contribution in [1.82, 2.24) is 4.68 Å². The third kappa shape index (κ3) is 3.91. The average molecular weight is 521 g/mol. The largest absolute Gasteiger partial charge is 0.493 e. The summed E-state index contributed by atoms with van der Waals surface area (Å²) in [5.41, 5.74) is 2.04. The second-order valence-corrected chi connectivity index (χ2v) is 9.66. The van der Waals surface area contributed by atoms with Crippen LogP contribution < -0.4 is 19.9 Å². The molecule has 33 heavy (non-hydrogen) atoms. The summed E-state index contributed by atoms with van der Waals surface area (Å²) in [5, 5.41) is 2.24. The number of rotatable bonds is 7. The summed E-state index contributed by atoms with van der Waals surface area (Å²) in [6.45, 7) is 5.42. The fourth-order valence-corrected chi connectivity index (χ4v) is 5.64. The number of hydrogen-bond acceptors (Lipinski definition) is 7. The number of esters is 1. The first kappa shape index (κ1) is 23.6. The summed E-state index contributed by atoms with van der Waals surface area (Å²) in [6.07, 6.45) is 4.20. The predicted octanol–water partition coefficient (Wildman–Crippen LogP) is 4.05. The fourth-order valence-electron chi connectivity index (χ4n) is 4.85. The molecule has 1 unspecified atom stereocenters. The summed E-state index contributed by atoms with van der Waals surface area (Å²) >= 11 is 3.80. The number of aromatic nitrogens is 1. The SMILES string of the molecule is COCCCOc1c(OC)cc2c(c1Br)C1CCC(C)(C)N1n1cc(C(=O)OC)c(=O)cc1-2. The Kier molecular flexibility index (Phi) is 6.46. The van der Waals surface area contributed by atoms with Crippen LogP contribution in [0.2, 0.25) is 0 Å². The van der Waals surface area contributed by atoms with Crippen molar-refractivity contribution in [2.75, 3.05) is 39.6 Å². The van der Waals surface area contributed by atoms with Crippen LogP contribution in [-0.2, 0) is 9.47 Å². The number of fused-ring (bicyclic) bond motifs is 6. The van der Waals surface area contributed by atoms with Crippen LogP contribution in [0.15, 0.2) is 27.6 Å². The Hall–Kier alpha value is -2.52. The maximum Gasteiger partial charge on any atom is 0.343 e. The Morgan fingerprint density at radius 2 is 1.97 bits per heavy atom. The van der Waals surface area contributed by atoms with Gasteiger partial charge in [0.2, 0.25) is 0 Å². The highest BCUT2D eigenvalue weighted by Gasteiger charge is 2.46. The lowest BCUT2D eigenvalue weighted by atomic mass is 9.93. The number of carbonyl (C=O) groups is 1. The van der Waals surface area contributed by atoms with E-state index >= 15 is 0 Å². The zero-order valence-electron chi connectivity index (χ0n) is 19.6. The maximum absolute atomic E-state index is 12.9. The molecule has 2 aromatic rings. The number of methoxy groups -OCH3 is 3. The lowest BCUT2D eigenvalue weighted by Gasteiger charge is -2.45. The van der Waals surface area contributed by atoms with Crippen molar-refractivity contribution in [2.45, 2.75) is 44.7 Å². The molecule has 0 N–H and O–H groups in total. The Bertz CT molecular complexity index is 1140. The molecule has 1 saturated heterocycles. The van der Waals surface area contributed by atoms with Crippen molar-refractivity contribution >= 4 is 21.9 Å². The van der Waals surface area contributed by atoms with E-state index < -0.39 is 5.97 Å². The van der Waals surface area contributed by atoms with Crippen LogP contribution in [0.1, 0.15) is 55.1 Å². The monoisotopic (exact) mass is 520 g/mol. The van der Waals surface area contributed by atoms with Crippen molar-refractivity contribution in [3.63, 3.8) is 0 Å². The lowest BCUT2D eigenvalue weighted by Crippen LogP contribution is -2.50. The van der Waals surface area contributed by atoms with Gasteiger partial charge in [0.1, 0.15) is 5.56 Å². The van der Waals surface area contributed by atoms with Gasteiger partial charge in [-0.1, -0.05) is 0 Å². The van der Waals surface area contributed by atoms with Crippen LogP contribution in [0, 0.1) is 0 Å². The molecule has 1 aromatic heterocycles. The fraction of sp³-hybridized carbons (Fsp3) is 0.500. The van der Waals surface area contributed by atoms with E-state index in [1.165, 1.54) is 13.2 Å². The number of halogens is 1. The van der Waals surface area contributed by atoms with E-state index in [1.807, 2.05) is 10.7 Å². The minimum absolute atomic E-state index is 0.00952. The molecule has 0 spiro atoms. The Balaban J connectivity index is 1.94. The molecule has 0 amide bonds. The highest BCUT2D eigenvalue weighted by Crippen LogP contribution is 2.54. The number of hydrogen-bond donors (Lipinski definition) is 0. The van der Waals surface area contributed by atoms with E-state index in [0.717, 1.165) is 34.9 Å². The van der Waals surface area contributed by atoms with Crippen LogP contribution in [0.4, 0.5) is 0 Å². The summed E-state index contributed by atoms with van der Waals surface area (Å²) in [7, 11) is 4.54. The first-order chi connectivity index (χ1) is 15.7. The number of benzene rings is 1. The van der Waals surface area contributed by atoms with Crippen LogP contribution in [-0.4, -0.2) is 50.7 Å². The molecule has 0 aliphatic carbocycles. The molecule has 1 aromatic carbocycles. The number of pyridine rings is 1. The first-order valence-electron chi connectivity index (χ1n) is 10.9. The molecule has 2 aliphatic heterocycles. The van der Waals surface area contributed by atoms with Gasteiger partial charge in [0.05, 0.1) is 42.6 Å². The number of carbonyl (C=O) groups excluding carboxylic acids is 1. The van der Waals surface area contributed by atoms with Crippen LogP contribution >= 0.6 is 15.9 Å². The highest BCUT2D eigenvalue weighted by atomic mass is 79.9. The van der Waals surface area contributed by atoms with Gasteiger partial charge in [-0.3, -0.25) is 14.5 Å². The minimum atomic E-state index is -0.645. The zero-order chi connectivity index (χ0) is 23.9. The van der Waals surface area contributed by atoms with Crippen molar-refractivity contribution in [2.24, 2.45) is 0 Å². The molecule has 0 radical (unpaired) electrons. The average Bonchev–Trinajstić information content (AvgIpc) is 3.11. The quantitative estimate of drug-likeness (QED) is 0.402. The Morgan fingerprint density at radius 1 is 1.21 bits per heavy atom. The van der Waals surface area contributed by atoms with Gasteiger partial charge < -0.3 is 18.9 Å². The standard InChI is InChI=1S/C24H29BrN2O6/c1-24(2)8-7-16-20-14(11-19(31-4)22(21(20)25)33-10-6-9-30-3)17-12-18(28)15(23(29)32-5)13-26(17)27(16)24/h11-13,16H,6-10H2,1-5H3. The minimum Gasteiger partial charge on any atom is -0.493 e. The normalized spacial score (nSPS) is 17.8. The summed E-state index contributed by atoms with van der Waals surface area (Å²) in [5.74, 6) is 0.562. The van der Waals surface area contributed by atoms with Crippen molar-refractivity contribution in [1.29, 1.82) is 0 Å². The van der Waals surface area contributed by atoms with Gasteiger partial charge in [-0.25, -0.2) is 4.79 Å². The second kappa shape index (κ2) is 9.02. The Labute approximate surface area is 201 Å². The van der Waals surface area contributed by atoms with E-state index in [2.05, 4.69) is 34.8 Å². The molecule has 178 valence electrons. The van der Waals surface area contributed by atoms with Crippen molar-refractivity contribution in [3.05, 3.63) is 44.2 Å². The molecule has 3 heterocycles. The molecule has 0 bridgehead atoms. The third-order valence-corrected chi connectivity index (χ3v) is 7.19. The van der Waals surface area contributed by atoms with Crippen LogP contribution in [0.5, 0.6) is 11.5 Å². The molecule has 1 atom stereocenters. The summed E-state index contributed by atoms with van der Waals surface area (Å²) < 4.78 is 24.5. The molecule has 1 fully saturated rings. The first-order valence-corrected chi connectivity index (χ1v) is 11.7. The van der Waals surface area contributed by atoms with E-state index in [1.54, 1.807) is 20.4 Å². The van der Waals surface area contributed by atoms with E-state index in [0.29, 0.717) is 30.4 Å². The van der Waals surface area contributed by atoms with Gasteiger partial charge in [0.15, 0.2) is 16.9 Å². The molecule has 8 nitrogen and oxygen atoms in total. The molecule has 9 heteroatoms. The maximum atomic E-state index is 12.9. The Morgan fingerprint density at radius 3 is 2.64 bits per heavy atom. The molecule has 0 saturated carbocycles. The van der Waals surface area contributed by atoms with Crippen molar-refractivity contribution in [3.8, 4) is 22.8 Å². The molecule has 2 aliphatic rings. The zero-order valence-corrected chi connectivity index (χ0v) is 21.2. The van der Waals surface area contributed by atoms with Crippen LogP contribution in [0.3, 0.4) is 0 Å². The third-order valence-electron chi connectivity index (χ3n) is 6.41. The molecular formula is C24H29BrN2O6. The van der Waals surface area contributed by atoms with E-state index in [9.17, 15) is 9.59 Å². The van der Waals surface area contributed by atoms with Crippen LogP contribution in [0.25, 0.3) is 11.3 Å². The van der Waals surface area contributed by atoms with Gasteiger partial charge in [0.25, 0.3) is 0 Å². The summed E-state index contributed by atoms with van der Waals surface area (Å²) in [4.78, 5) is 25.1. The van der Waals surface area contributed by atoms with Crippen molar-refractivity contribution < 1.29 is 23.7 Å². The van der Waals surface area contributed by atoms with E-state index in [-0.39, 0.29) is 22.6 Å². The predicted molar refractivity (Wildman–Crippen MR) is 128 cm³/mol. The van der Waals surface area contributed by atoms with Gasteiger partial charge >= 0.3 is 5.97 Å². The molecule has 4 rings (SSSR count). The van der Waals surface area contributed by atoms with E-state index in [4.69, 9.17) is 18.9 Å².